The van der Waals surface area contributed by atoms with Crippen molar-refractivity contribution in [3.05, 3.63) is 47.8 Å². The lowest BCUT2D eigenvalue weighted by molar-refractivity contribution is 0.725. The van der Waals surface area contributed by atoms with Crippen molar-refractivity contribution in [3.63, 3.8) is 0 Å². The highest BCUT2D eigenvalue weighted by atomic mass is 15.3. The van der Waals surface area contributed by atoms with Gasteiger partial charge >= 0.3 is 0 Å². The Morgan fingerprint density at radius 3 is 2.50 bits per heavy atom. The van der Waals surface area contributed by atoms with Gasteiger partial charge in [-0.25, -0.2) is 4.68 Å². The van der Waals surface area contributed by atoms with Gasteiger partial charge in [-0.2, -0.15) is 5.10 Å². The maximum Gasteiger partial charge on any atom is 0.0649 e. The van der Waals surface area contributed by atoms with Gasteiger partial charge in [0.2, 0.25) is 0 Å². The van der Waals surface area contributed by atoms with Gasteiger partial charge in [0.25, 0.3) is 0 Å². The predicted molar refractivity (Wildman–Crippen MR) is 65.5 cm³/mol. The maximum absolute atomic E-state index is 5.73. The van der Waals surface area contributed by atoms with Gasteiger partial charge in [-0.05, 0) is 18.1 Å². The first-order valence-corrected chi connectivity index (χ1v) is 5.56. The largest absolute Gasteiger partial charge is 0.326 e. The highest BCUT2D eigenvalue weighted by Gasteiger charge is 2.13. The second-order valence-electron chi connectivity index (χ2n) is 4.16. The first-order valence-electron chi connectivity index (χ1n) is 5.56. The van der Waals surface area contributed by atoms with Crippen LogP contribution in [-0.2, 0) is 6.54 Å². The van der Waals surface area contributed by atoms with E-state index in [0.29, 0.717) is 12.5 Å². The number of aromatic nitrogens is 2. The lowest BCUT2D eigenvalue weighted by Gasteiger charge is -2.12. The van der Waals surface area contributed by atoms with Crippen LogP contribution in [-0.4, -0.2) is 9.78 Å². The van der Waals surface area contributed by atoms with E-state index in [1.54, 1.807) is 0 Å². The fraction of sp³-hybridized carbons (Fsp3) is 0.308. The number of benzene rings is 1. The van der Waals surface area contributed by atoms with Gasteiger partial charge in [-0.3, -0.25) is 0 Å². The normalized spacial score (nSPS) is 11.0. The third kappa shape index (κ3) is 1.86. The second kappa shape index (κ2) is 4.49. The minimum absolute atomic E-state index is 0.418. The molecule has 0 aliphatic rings. The highest BCUT2D eigenvalue weighted by molar-refractivity contribution is 5.36. The Kier molecular flexibility index (Phi) is 3.06. The molecule has 0 radical (unpaired) electrons. The van der Waals surface area contributed by atoms with Gasteiger partial charge in [0.15, 0.2) is 0 Å². The van der Waals surface area contributed by atoms with E-state index in [9.17, 15) is 0 Å². The quantitative estimate of drug-likeness (QED) is 0.854. The number of hydrogen-bond donors (Lipinski definition) is 1. The topological polar surface area (TPSA) is 43.8 Å². The van der Waals surface area contributed by atoms with Crippen molar-refractivity contribution >= 4 is 0 Å². The average Bonchev–Trinajstić information content (AvgIpc) is 2.73. The summed E-state index contributed by atoms with van der Waals surface area (Å²) >= 11 is 0. The third-order valence-electron chi connectivity index (χ3n) is 2.65. The van der Waals surface area contributed by atoms with Crippen molar-refractivity contribution < 1.29 is 0 Å². The van der Waals surface area contributed by atoms with Gasteiger partial charge in [0.05, 0.1) is 17.6 Å². The summed E-state index contributed by atoms with van der Waals surface area (Å²) in [5, 5.41) is 4.42. The van der Waals surface area contributed by atoms with E-state index < -0.39 is 0 Å². The monoisotopic (exact) mass is 215 g/mol. The minimum Gasteiger partial charge on any atom is -0.326 e. The van der Waals surface area contributed by atoms with Crippen LogP contribution in [0.25, 0.3) is 5.69 Å². The van der Waals surface area contributed by atoms with E-state index in [-0.39, 0.29) is 0 Å². The van der Waals surface area contributed by atoms with Crippen LogP contribution < -0.4 is 5.73 Å². The van der Waals surface area contributed by atoms with Crippen LogP contribution in [0.5, 0.6) is 0 Å². The van der Waals surface area contributed by atoms with Crippen molar-refractivity contribution in [1.29, 1.82) is 0 Å². The number of hydrogen-bond acceptors (Lipinski definition) is 2. The van der Waals surface area contributed by atoms with Crippen LogP contribution in [0.15, 0.2) is 36.5 Å². The maximum atomic E-state index is 5.73. The summed E-state index contributed by atoms with van der Waals surface area (Å²) in [6, 6.07) is 10.1. The molecule has 0 fully saturated rings. The van der Waals surface area contributed by atoms with Gasteiger partial charge in [-0.1, -0.05) is 32.0 Å². The molecule has 0 saturated carbocycles. The van der Waals surface area contributed by atoms with Crippen molar-refractivity contribution in [2.45, 2.75) is 26.3 Å². The Labute approximate surface area is 95.9 Å². The average molecular weight is 215 g/mol. The first-order chi connectivity index (χ1) is 7.74. The molecule has 0 aliphatic heterocycles. The number of nitrogens with zero attached hydrogens (tertiary/aromatic N) is 2. The molecule has 1 aromatic carbocycles. The van der Waals surface area contributed by atoms with Crippen LogP contribution in [0.4, 0.5) is 0 Å². The van der Waals surface area contributed by atoms with E-state index in [1.165, 1.54) is 5.69 Å². The molecule has 2 N–H and O–H groups in total. The molecule has 3 heteroatoms. The Bertz CT molecular complexity index is 457. The molecule has 16 heavy (non-hydrogen) atoms. The van der Waals surface area contributed by atoms with Gasteiger partial charge in [0.1, 0.15) is 0 Å². The molecule has 84 valence electrons. The lowest BCUT2D eigenvalue weighted by Crippen LogP contribution is -2.07. The molecule has 1 heterocycles. The van der Waals surface area contributed by atoms with E-state index in [1.807, 2.05) is 29.1 Å². The van der Waals surface area contributed by atoms with Gasteiger partial charge < -0.3 is 5.73 Å². The molecule has 0 spiro atoms. The summed E-state index contributed by atoms with van der Waals surface area (Å²) in [4.78, 5) is 0. The zero-order valence-corrected chi connectivity index (χ0v) is 9.72. The summed E-state index contributed by atoms with van der Waals surface area (Å²) in [6.45, 7) is 4.87. The molecule has 2 aromatic rings. The predicted octanol–water partition coefficient (Wildman–Crippen LogP) is 2.45. The van der Waals surface area contributed by atoms with Gasteiger partial charge in [-0.15, -0.1) is 0 Å². The molecule has 0 bridgehead atoms. The number of nitrogens with two attached hydrogens (primary N) is 1. The smallest absolute Gasteiger partial charge is 0.0649 e. The van der Waals surface area contributed by atoms with Crippen LogP contribution in [0.3, 0.4) is 0 Å². The van der Waals surface area contributed by atoms with E-state index >= 15 is 0 Å². The fourth-order valence-electron chi connectivity index (χ4n) is 1.94. The molecule has 0 saturated heterocycles. The third-order valence-corrected chi connectivity index (χ3v) is 2.65. The van der Waals surface area contributed by atoms with Crippen LogP contribution >= 0.6 is 0 Å². The molecular weight excluding hydrogens is 198 g/mol. The number of rotatable bonds is 3. The standard InChI is InChI=1S/C13H17N3/c1-10(2)13-11(8-14)9-15-16(13)12-6-4-3-5-7-12/h3-7,9-10H,8,14H2,1-2H3. The lowest BCUT2D eigenvalue weighted by atomic mass is 10.1. The molecule has 2 rings (SSSR count). The molecular formula is C13H17N3. The van der Waals surface area contributed by atoms with Crippen molar-refractivity contribution in [1.82, 2.24) is 9.78 Å². The first kappa shape index (κ1) is 10.9. The SMILES string of the molecule is CC(C)c1c(CN)cnn1-c1ccccc1. The highest BCUT2D eigenvalue weighted by Crippen LogP contribution is 2.22. The molecule has 0 amide bonds. The van der Waals surface area contributed by atoms with E-state index in [4.69, 9.17) is 5.73 Å². The molecule has 0 aliphatic carbocycles. The van der Waals surface area contributed by atoms with E-state index in [0.717, 1.165) is 11.3 Å². The van der Waals surface area contributed by atoms with Crippen molar-refractivity contribution in [3.8, 4) is 5.69 Å². The zero-order chi connectivity index (χ0) is 11.5. The summed E-state index contributed by atoms with van der Waals surface area (Å²) in [7, 11) is 0. The summed E-state index contributed by atoms with van der Waals surface area (Å²) in [6.07, 6.45) is 1.86. The fourth-order valence-corrected chi connectivity index (χ4v) is 1.94. The summed E-state index contributed by atoms with van der Waals surface area (Å²) in [5.41, 5.74) is 9.14. The summed E-state index contributed by atoms with van der Waals surface area (Å²) < 4.78 is 1.98. The van der Waals surface area contributed by atoms with Gasteiger partial charge in [0, 0.05) is 12.1 Å². The second-order valence-corrected chi connectivity index (χ2v) is 4.16. The Balaban J connectivity index is 2.53. The molecule has 0 unspecified atom stereocenters. The molecule has 3 nitrogen and oxygen atoms in total. The van der Waals surface area contributed by atoms with Crippen LogP contribution in [0.2, 0.25) is 0 Å². The molecule has 0 atom stereocenters. The van der Waals surface area contributed by atoms with Crippen LogP contribution in [0.1, 0.15) is 31.0 Å². The summed E-state index contributed by atoms with van der Waals surface area (Å²) in [5.74, 6) is 0.418. The Morgan fingerprint density at radius 2 is 1.94 bits per heavy atom. The van der Waals surface area contributed by atoms with Crippen molar-refractivity contribution in [2.75, 3.05) is 0 Å². The van der Waals surface area contributed by atoms with E-state index in [2.05, 4.69) is 31.1 Å². The zero-order valence-electron chi connectivity index (χ0n) is 9.72. The Hall–Kier alpha value is -1.61. The van der Waals surface area contributed by atoms with Crippen molar-refractivity contribution in [2.24, 2.45) is 5.73 Å². The Morgan fingerprint density at radius 1 is 1.25 bits per heavy atom. The molecule has 1 aromatic heterocycles. The minimum atomic E-state index is 0.418. The van der Waals surface area contributed by atoms with Crippen LogP contribution in [0, 0.1) is 0 Å². The number of para-hydroxylation sites is 1.